The number of benzene rings is 3. The van der Waals surface area contributed by atoms with Crippen LogP contribution in [0.4, 0.5) is 0 Å². The summed E-state index contributed by atoms with van der Waals surface area (Å²) in [5.41, 5.74) is 2.37. The van der Waals surface area contributed by atoms with Crippen molar-refractivity contribution in [2.45, 2.75) is 24.6 Å². The van der Waals surface area contributed by atoms with Crippen LogP contribution >= 0.6 is 0 Å². The predicted octanol–water partition coefficient (Wildman–Crippen LogP) is 3.57. The van der Waals surface area contributed by atoms with Crippen LogP contribution in [0.3, 0.4) is 0 Å². The van der Waals surface area contributed by atoms with Crippen molar-refractivity contribution in [1.29, 1.82) is 0 Å². The van der Waals surface area contributed by atoms with Crippen LogP contribution in [0, 0.1) is 0 Å². The number of nitrogens with zero attached hydrogens (tertiary/aromatic N) is 2. The summed E-state index contributed by atoms with van der Waals surface area (Å²) in [5, 5.41) is 0. The van der Waals surface area contributed by atoms with Crippen LogP contribution in [-0.4, -0.2) is 49.2 Å². The van der Waals surface area contributed by atoms with Crippen molar-refractivity contribution in [3.63, 3.8) is 0 Å². The highest BCUT2D eigenvalue weighted by molar-refractivity contribution is 7.90. The second-order valence-corrected chi connectivity index (χ2v) is 11.2. The zero-order valence-corrected chi connectivity index (χ0v) is 19.7. The Kier molecular flexibility index (Phi) is 5.73. The van der Waals surface area contributed by atoms with Gasteiger partial charge in [0.05, 0.1) is 5.75 Å². The molecule has 6 nitrogen and oxygen atoms in total. The second kappa shape index (κ2) is 8.72. The minimum Gasteiger partial charge on any atom is -0.466 e. The molecule has 3 aromatic carbocycles. The molecule has 0 spiro atoms. The first-order chi connectivity index (χ1) is 16.4. The standard InChI is InChI=1S/C27H26N2O4S/c1-34(31,32)17-16-29-19-22-14-8-9-15-23(22)24-27(26(29)30,18-20-10-4-2-5-11-20)28-25(33-24)21-12-6-3-7-13-21/h2-15,24H,16-19H2,1H3/t24-,27-/m0/s1. The van der Waals surface area contributed by atoms with Crippen molar-refractivity contribution in [1.82, 2.24) is 4.90 Å². The lowest BCUT2D eigenvalue weighted by atomic mass is 9.81. The third-order valence-corrected chi connectivity index (χ3v) is 7.31. The van der Waals surface area contributed by atoms with Crippen molar-refractivity contribution in [3.8, 4) is 0 Å². The molecule has 0 N–H and O–H groups in total. The third kappa shape index (κ3) is 4.23. The molecule has 3 aromatic rings. The summed E-state index contributed by atoms with van der Waals surface area (Å²) in [6, 6.07) is 27.2. The van der Waals surface area contributed by atoms with Crippen molar-refractivity contribution >= 4 is 21.6 Å². The summed E-state index contributed by atoms with van der Waals surface area (Å²) in [5.74, 6) is 0.102. The van der Waals surface area contributed by atoms with Gasteiger partial charge in [-0.25, -0.2) is 13.4 Å². The fourth-order valence-electron chi connectivity index (χ4n) is 4.73. The van der Waals surface area contributed by atoms with Gasteiger partial charge >= 0.3 is 0 Å². The summed E-state index contributed by atoms with van der Waals surface area (Å²) < 4.78 is 30.4. The SMILES string of the molecule is CS(=O)(=O)CCN1Cc2ccccc2[C@@H]2OC(c3ccccc3)=N[C@]2(Cc2ccccc2)C1=O. The Morgan fingerprint density at radius 3 is 2.32 bits per heavy atom. The smallest absolute Gasteiger partial charge is 0.255 e. The minimum absolute atomic E-state index is 0.103. The van der Waals surface area contributed by atoms with E-state index < -0.39 is 21.5 Å². The number of hydrogen-bond donors (Lipinski definition) is 0. The zero-order chi connectivity index (χ0) is 23.8. The maximum Gasteiger partial charge on any atom is 0.255 e. The Morgan fingerprint density at radius 2 is 1.62 bits per heavy atom. The molecule has 5 rings (SSSR count). The van der Waals surface area contributed by atoms with Gasteiger partial charge in [-0.3, -0.25) is 4.79 Å². The van der Waals surface area contributed by atoms with E-state index in [1.165, 1.54) is 6.26 Å². The van der Waals surface area contributed by atoms with Crippen LogP contribution in [0.15, 0.2) is 89.9 Å². The highest BCUT2D eigenvalue weighted by Gasteiger charge is 2.56. The van der Waals surface area contributed by atoms with Crippen LogP contribution < -0.4 is 0 Å². The lowest BCUT2D eigenvalue weighted by molar-refractivity contribution is -0.139. The van der Waals surface area contributed by atoms with Gasteiger partial charge in [0.2, 0.25) is 5.90 Å². The van der Waals surface area contributed by atoms with E-state index >= 15 is 0 Å². The maximum absolute atomic E-state index is 14.3. The molecule has 0 radical (unpaired) electrons. The summed E-state index contributed by atoms with van der Waals surface area (Å²) in [4.78, 5) is 20.9. The number of hydrogen-bond acceptors (Lipinski definition) is 5. The summed E-state index contributed by atoms with van der Waals surface area (Å²) >= 11 is 0. The lowest BCUT2D eigenvalue weighted by Gasteiger charge is -2.32. The fraction of sp³-hybridized carbons (Fsp3) is 0.259. The molecule has 0 bridgehead atoms. The van der Waals surface area contributed by atoms with Crippen LogP contribution in [0.25, 0.3) is 0 Å². The zero-order valence-electron chi connectivity index (χ0n) is 18.9. The van der Waals surface area contributed by atoms with E-state index in [9.17, 15) is 13.2 Å². The predicted molar refractivity (Wildman–Crippen MR) is 131 cm³/mol. The number of ether oxygens (including phenoxy) is 1. The van der Waals surface area contributed by atoms with Crippen molar-refractivity contribution in [3.05, 3.63) is 107 Å². The van der Waals surface area contributed by atoms with E-state index in [4.69, 9.17) is 9.73 Å². The second-order valence-electron chi connectivity index (χ2n) is 8.92. The van der Waals surface area contributed by atoms with E-state index in [1.807, 2.05) is 84.9 Å². The Labute approximate surface area is 199 Å². The Hall–Kier alpha value is -3.45. The molecule has 2 atom stereocenters. The third-order valence-electron chi connectivity index (χ3n) is 6.39. The molecular weight excluding hydrogens is 448 g/mol. The van der Waals surface area contributed by atoms with Crippen LogP contribution in [-0.2, 0) is 32.3 Å². The summed E-state index contributed by atoms with van der Waals surface area (Å²) in [7, 11) is -3.25. The Morgan fingerprint density at radius 1 is 0.971 bits per heavy atom. The molecule has 0 saturated carbocycles. The van der Waals surface area contributed by atoms with Gasteiger partial charge in [-0.05, 0) is 23.3 Å². The number of aliphatic imine (C=N–C) groups is 1. The summed E-state index contributed by atoms with van der Waals surface area (Å²) in [6.45, 7) is 0.419. The minimum atomic E-state index is -3.25. The number of fused-ring (bicyclic) bond motifs is 3. The number of carbonyl (C=O) groups excluding carboxylic acids is 1. The first-order valence-corrected chi connectivity index (χ1v) is 13.3. The van der Waals surface area contributed by atoms with Gasteiger partial charge in [-0.1, -0.05) is 72.8 Å². The average molecular weight is 475 g/mol. The fourth-order valence-corrected chi connectivity index (χ4v) is 5.28. The topological polar surface area (TPSA) is 76.0 Å². The van der Waals surface area contributed by atoms with Crippen LogP contribution in [0.2, 0.25) is 0 Å². The molecule has 34 heavy (non-hydrogen) atoms. The van der Waals surface area contributed by atoms with Gasteiger partial charge in [0.25, 0.3) is 5.91 Å². The lowest BCUT2D eigenvalue weighted by Crippen LogP contribution is -2.50. The first kappa shape index (κ1) is 22.3. The van der Waals surface area contributed by atoms with Gasteiger partial charge in [-0.2, -0.15) is 0 Å². The van der Waals surface area contributed by atoms with Gasteiger partial charge < -0.3 is 9.64 Å². The monoisotopic (exact) mass is 474 g/mol. The highest BCUT2D eigenvalue weighted by atomic mass is 32.2. The van der Waals surface area contributed by atoms with Gasteiger partial charge in [0, 0.05) is 36.9 Å². The molecule has 2 heterocycles. The largest absolute Gasteiger partial charge is 0.466 e. The van der Waals surface area contributed by atoms with Gasteiger partial charge in [0.15, 0.2) is 11.6 Å². The highest BCUT2D eigenvalue weighted by Crippen LogP contribution is 2.46. The molecule has 2 aliphatic rings. The van der Waals surface area contributed by atoms with E-state index in [0.717, 1.165) is 22.3 Å². The van der Waals surface area contributed by atoms with Gasteiger partial charge in [0.1, 0.15) is 9.84 Å². The van der Waals surface area contributed by atoms with Crippen LogP contribution in [0.1, 0.15) is 28.4 Å². The molecule has 7 heteroatoms. The number of carbonyl (C=O) groups is 1. The average Bonchev–Trinajstić information content (AvgIpc) is 3.18. The van der Waals surface area contributed by atoms with Gasteiger partial charge in [-0.15, -0.1) is 0 Å². The van der Waals surface area contributed by atoms with Crippen molar-refractivity contribution < 1.29 is 17.9 Å². The van der Waals surface area contributed by atoms with Crippen LogP contribution in [0.5, 0.6) is 0 Å². The molecule has 174 valence electrons. The first-order valence-electron chi connectivity index (χ1n) is 11.3. The molecule has 2 aliphatic heterocycles. The number of amides is 1. The Balaban J connectivity index is 1.68. The molecule has 0 saturated heterocycles. The maximum atomic E-state index is 14.3. The molecule has 0 aliphatic carbocycles. The number of sulfone groups is 1. The van der Waals surface area contributed by atoms with E-state index in [0.29, 0.717) is 18.9 Å². The van der Waals surface area contributed by atoms with E-state index in [-0.39, 0.29) is 18.2 Å². The Bertz CT molecular complexity index is 1340. The van der Waals surface area contributed by atoms with E-state index in [2.05, 4.69) is 0 Å². The quantitative estimate of drug-likeness (QED) is 0.547. The van der Waals surface area contributed by atoms with Crippen molar-refractivity contribution in [2.24, 2.45) is 4.99 Å². The normalized spacial score (nSPS) is 21.8. The summed E-state index contributed by atoms with van der Waals surface area (Å²) in [6.07, 6.45) is 0.919. The molecule has 1 amide bonds. The molecule has 0 unspecified atom stereocenters. The molecular formula is C27H26N2O4S. The van der Waals surface area contributed by atoms with E-state index in [1.54, 1.807) is 4.90 Å². The van der Waals surface area contributed by atoms with Crippen molar-refractivity contribution in [2.75, 3.05) is 18.6 Å². The number of rotatable bonds is 6. The molecule has 0 aromatic heterocycles. The molecule has 0 fully saturated rings.